The molecule has 0 radical (unpaired) electrons. The number of carboxylic acid groups (broad SMARTS) is 1. The summed E-state index contributed by atoms with van der Waals surface area (Å²) in [7, 11) is 1.68. The van der Waals surface area contributed by atoms with Gasteiger partial charge in [0.2, 0.25) is 0 Å². The van der Waals surface area contributed by atoms with Crippen LogP contribution in [0.3, 0.4) is 0 Å². The number of anilines is 1. The van der Waals surface area contributed by atoms with Gasteiger partial charge < -0.3 is 15.2 Å². The van der Waals surface area contributed by atoms with E-state index < -0.39 is 5.97 Å². The van der Waals surface area contributed by atoms with Gasteiger partial charge in [0.1, 0.15) is 21.3 Å². The molecule has 4 rings (SSSR count). The molecule has 0 amide bonds. The smallest absolute Gasteiger partial charge is 0.346 e. The number of aromatic nitrogens is 2. The molecule has 2 atom stereocenters. The maximum atomic E-state index is 11.8. The van der Waals surface area contributed by atoms with Gasteiger partial charge in [-0.1, -0.05) is 67.6 Å². The Labute approximate surface area is 197 Å². The Balaban J connectivity index is 1.68. The summed E-state index contributed by atoms with van der Waals surface area (Å²) in [6, 6.07) is 20.2. The number of nitrogens with zero attached hydrogens (tertiary/aromatic N) is 2. The monoisotopic (exact) mass is 461 g/mol. The van der Waals surface area contributed by atoms with Crippen LogP contribution in [0.2, 0.25) is 0 Å². The van der Waals surface area contributed by atoms with Crippen LogP contribution < -0.4 is 5.32 Å². The van der Waals surface area contributed by atoms with Gasteiger partial charge in [-0.3, -0.25) is 0 Å². The van der Waals surface area contributed by atoms with Crippen molar-refractivity contribution < 1.29 is 14.6 Å². The molecule has 2 N–H and O–H groups in total. The molecule has 0 spiro atoms. The third kappa shape index (κ3) is 5.05. The molecular formula is C26H27N3O3S. The second-order valence-electron chi connectivity index (χ2n) is 8.06. The molecule has 0 aliphatic heterocycles. The minimum atomic E-state index is -0.945. The number of aromatic carboxylic acids is 1. The van der Waals surface area contributed by atoms with Crippen molar-refractivity contribution >= 4 is 33.3 Å². The van der Waals surface area contributed by atoms with Crippen LogP contribution in [0.5, 0.6) is 0 Å². The van der Waals surface area contributed by atoms with E-state index in [1.165, 1.54) is 16.9 Å². The van der Waals surface area contributed by atoms with Crippen molar-refractivity contribution in [3.05, 3.63) is 88.1 Å². The number of methoxy groups -OCH3 is 1. The average Bonchev–Trinajstić information content (AvgIpc) is 3.17. The van der Waals surface area contributed by atoms with Crippen LogP contribution in [0.4, 0.5) is 5.82 Å². The Morgan fingerprint density at radius 1 is 1.06 bits per heavy atom. The van der Waals surface area contributed by atoms with Crippen molar-refractivity contribution in [2.75, 3.05) is 19.0 Å². The highest BCUT2D eigenvalue weighted by atomic mass is 32.1. The highest BCUT2D eigenvalue weighted by Crippen LogP contribution is 2.35. The summed E-state index contributed by atoms with van der Waals surface area (Å²) in [5.74, 6) is 0.620. The minimum Gasteiger partial charge on any atom is -0.477 e. The lowest BCUT2D eigenvalue weighted by atomic mass is 9.97. The molecule has 0 saturated heterocycles. The minimum absolute atomic E-state index is 0.166. The fourth-order valence-electron chi connectivity index (χ4n) is 3.97. The summed E-state index contributed by atoms with van der Waals surface area (Å²) in [5.41, 5.74) is 2.96. The quantitative estimate of drug-likeness (QED) is 0.326. The average molecular weight is 462 g/mol. The van der Waals surface area contributed by atoms with Gasteiger partial charge in [-0.15, -0.1) is 11.3 Å². The summed E-state index contributed by atoms with van der Waals surface area (Å²) >= 11 is 1.20. The lowest BCUT2D eigenvalue weighted by Gasteiger charge is -2.18. The Hall–Kier alpha value is -3.29. The second kappa shape index (κ2) is 10.1. The highest BCUT2D eigenvalue weighted by Gasteiger charge is 2.22. The van der Waals surface area contributed by atoms with Gasteiger partial charge in [0.25, 0.3) is 0 Å². The number of thiophene rings is 1. The van der Waals surface area contributed by atoms with Gasteiger partial charge in [-0.05, 0) is 29.5 Å². The molecule has 6 nitrogen and oxygen atoms in total. The molecule has 2 aromatic heterocycles. The highest BCUT2D eigenvalue weighted by molar-refractivity contribution is 7.20. The molecule has 4 aromatic rings. The molecule has 0 aliphatic carbocycles. The van der Waals surface area contributed by atoms with E-state index in [1.54, 1.807) is 7.11 Å². The normalized spacial score (nSPS) is 13.1. The topological polar surface area (TPSA) is 84.3 Å². The van der Waals surface area contributed by atoms with Crippen molar-refractivity contribution in [1.29, 1.82) is 0 Å². The summed E-state index contributed by atoms with van der Waals surface area (Å²) in [6.45, 7) is 4.46. The molecule has 0 fully saturated rings. The van der Waals surface area contributed by atoms with E-state index in [0.29, 0.717) is 39.9 Å². The third-order valence-corrected chi connectivity index (χ3v) is 6.97. The molecule has 0 saturated carbocycles. The number of carbonyl (C=O) groups is 1. The van der Waals surface area contributed by atoms with Crippen molar-refractivity contribution in [3.8, 4) is 0 Å². The number of aryl methyl sites for hydroxylation is 1. The zero-order chi connectivity index (χ0) is 23.4. The van der Waals surface area contributed by atoms with Crippen molar-refractivity contribution in [2.45, 2.75) is 32.3 Å². The standard InChI is InChI=1S/C26H27N3O3S/c1-16(18-10-6-4-7-11-18)14-21-28-24(22-17(2)23(26(30)31)33-25(22)29-21)27-15-20(32-3)19-12-8-5-9-13-19/h4-13,16,20H,14-15H2,1-3H3,(H,30,31)(H,27,28,29)/t16-,20-/m1/s1. The van der Waals surface area contributed by atoms with Crippen molar-refractivity contribution in [3.63, 3.8) is 0 Å². The first-order valence-corrected chi connectivity index (χ1v) is 11.7. The Morgan fingerprint density at radius 3 is 2.30 bits per heavy atom. The van der Waals surface area contributed by atoms with Gasteiger partial charge in [0.05, 0.1) is 11.5 Å². The number of carboxylic acids is 1. The van der Waals surface area contributed by atoms with Gasteiger partial charge in [-0.25, -0.2) is 14.8 Å². The molecule has 0 bridgehead atoms. The van der Waals surface area contributed by atoms with Crippen LogP contribution in [0.1, 0.15) is 51.1 Å². The predicted octanol–water partition coefficient (Wildman–Crippen LogP) is 5.84. The van der Waals surface area contributed by atoms with Gasteiger partial charge in [0, 0.05) is 20.1 Å². The summed E-state index contributed by atoms with van der Waals surface area (Å²) in [5, 5.41) is 13.8. The lowest BCUT2D eigenvalue weighted by molar-refractivity contribution is 0.0701. The van der Waals surface area contributed by atoms with E-state index in [0.717, 1.165) is 10.9 Å². The molecule has 2 aromatic carbocycles. The van der Waals surface area contributed by atoms with E-state index in [9.17, 15) is 9.90 Å². The van der Waals surface area contributed by atoms with E-state index in [-0.39, 0.29) is 12.0 Å². The zero-order valence-electron chi connectivity index (χ0n) is 18.9. The van der Waals surface area contributed by atoms with Crippen molar-refractivity contribution in [1.82, 2.24) is 9.97 Å². The van der Waals surface area contributed by atoms with Crippen LogP contribution >= 0.6 is 11.3 Å². The lowest BCUT2D eigenvalue weighted by Crippen LogP contribution is -2.16. The number of benzene rings is 2. The third-order valence-electron chi connectivity index (χ3n) is 5.80. The second-order valence-corrected chi connectivity index (χ2v) is 9.06. The SMILES string of the molecule is CO[C@H](CNc1nc(C[C@@H](C)c2ccccc2)nc2sc(C(=O)O)c(C)c12)c1ccccc1. The largest absolute Gasteiger partial charge is 0.477 e. The summed E-state index contributed by atoms with van der Waals surface area (Å²) < 4.78 is 5.70. The molecule has 33 heavy (non-hydrogen) atoms. The Morgan fingerprint density at radius 2 is 1.70 bits per heavy atom. The molecule has 0 aliphatic rings. The maximum Gasteiger partial charge on any atom is 0.346 e. The number of nitrogens with one attached hydrogen (secondary N) is 1. The summed E-state index contributed by atoms with van der Waals surface area (Å²) in [4.78, 5) is 22.3. The van der Waals surface area contributed by atoms with Crippen LogP contribution in [0, 0.1) is 6.92 Å². The van der Waals surface area contributed by atoms with E-state index in [1.807, 2.05) is 55.5 Å². The zero-order valence-corrected chi connectivity index (χ0v) is 19.7. The Kier molecular flexibility index (Phi) is 7.01. The molecule has 0 unspecified atom stereocenters. The first kappa shape index (κ1) is 22.9. The van der Waals surface area contributed by atoms with Crippen molar-refractivity contribution in [2.24, 2.45) is 0 Å². The van der Waals surface area contributed by atoms with Crippen LogP contribution in [-0.2, 0) is 11.2 Å². The van der Waals surface area contributed by atoms with Crippen LogP contribution in [0.15, 0.2) is 60.7 Å². The van der Waals surface area contributed by atoms with Gasteiger partial charge >= 0.3 is 5.97 Å². The molecule has 2 heterocycles. The summed E-state index contributed by atoms with van der Waals surface area (Å²) in [6.07, 6.45) is 0.487. The number of hydrogen-bond donors (Lipinski definition) is 2. The van der Waals surface area contributed by atoms with Crippen LogP contribution in [0.25, 0.3) is 10.2 Å². The molecular weight excluding hydrogens is 434 g/mol. The number of hydrogen-bond acceptors (Lipinski definition) is 6. The number of ether oxygens (including phenoxy) is 1. The molecule has 170 valence electrons. The van der Waals surface area contributed by atoms with Gasteiger partial charge in [0.15, 0.2) is 0 Å². The van der Waals surface area contributed by atoms with Crippen LogP contribution in [-0.4, -0.2) is 34.7 Å². The fourth-order valence-corrected chi connectivity index (χ4v) is 5.01. The van der Waals surface area contributed by atoms with Gasteiger partial charge in [-0.2, -0.15) is 0 Å². The Bertz CT molecular complexity index is 1240. The number of fused-ring (bicyclic) bond motifs is 1. The predicted molar refractivity (Wildman–Crippen MR) is 132 cm³/mol. The maximum absolute atomic E-state index is 11.8. The van der Waals surface area contributed by atoms with E-state index in [2.05, 4.69) is 24.4 Å². The van der Waals surface area contributed by atoms with E-state index >= 15 is 0 Å². The number of rotatable bonds is 9. The first-order valence-electron chi connectivity index (χ1n) is 10.9. The molecule has 7 heteroatoms. The first-order chi connectivity index (χ1) is 16.0. The fraction of sp³-hybridized carbons (Fsp3) is 0.269. The van der Waals surface area contributed by atoms with E-state index in [4.69, 9.17) is 14.7 Å².